The van der Waals surface area contributed by atoms with E-state index in [2.05, 4.69) is 20.2 Å². The Bertz CT molecular complexity index is 922. The number of fused-ring (bicyclic) bond motifs is 1. The molecule has 3 aromatic heterocycles. The number of morpholine rings is 1. The highest BCUT2D eigenvalue weighted by Crippen LogP contribution is 2.15. The summed E-state index contributed by atoms with van der Waals surface area (Å²) in [5.74, 6) is -0.0539. The number of hydrogen-bond acceptors (Lipinski definition) is 4. The van der Waals surface area contributed by atoms with Crippen LogP contribution in [0.3, 0.4) is 0 Å². The van der Waals surface area contributed by atoms with Gasteiger partial charge in [0.25, 0.3) is 0 Å². The van der Waals surface area contributed by atoms with Gasteiger partial charge in [-0.3, -0.25) is 15.0 Å². The second-order valence-corrected chi connectivity index (χ2v) is 6.08. The molecule has 0 atom stereocenters. The minimum Gasteiger partial charge on any atom is -0.379 e. The summed E-state index contributed by atoms with van der Waals surface area (Å²) >= 11 is 0. The molecule has 1 amide bonds. The number of imidazole rings is 1. The molecular weight excluding hydrogens is 337 g/mol. The molecular formula is C18H19FN5O2+. The summed E-state index contributed by atoms with van der Waals surface area (Å²) < 4.78 is 21.4. The van der Waals surface area contributed by atoms with E-state index in [-0.39, 0.29) is 17.5 Å². The number of anilines is 1. The van der Waals surface area contributed by atoms with Crippen molar-refractivity contribution in [2.24, 2.45) is 0 Å². The first kappa shape index (κ1) is 16.6. The van der Waals surface area contributed by atoms with E-state index in [0.29, 0.717) is 36.8 Å². The first-order valence-electron chi connectivity index (χ1n) is 8.45. The number of hydrogen-bond donors (Lipinski definition) is 2. The van der Waals surface area contributed by atoms with Crippen LogP contribution in [0.1, 0.15) is 16.3 Å². The summed E-state index contributed by atoms with van der Waals surface area (Å²) in [6.07, 6.45) is 3.27. The van der Waals surface area contributed by atoms with Gasteiger partial charge in [0.2, 0.25) is 5.52 Å². The molecule has 0 aliphatic carbocycles. The molecule has 26 heavy (non-hydrogen) atoms. The van der Waals surface area contributed by atoms with E-state index in [1.54, 1.807) is 41.1 Å². The third-order valence-corrected chi connectivity index (χ3v) is 4.35. The normalized spacial score (nSPS) is 15.3. The van der Waals surface area contributed by atoms with Gasteiger partial charge in [-0.15, -0.1) is 0 Å². The van der Waals surface area contributed by atoms with Crippen LogP contribution in [-0.4, -0.2) is 47.1 Å². The Kier molecular flexibility index (Phi) is 4.59. The predicted molar refractivity (Wildman–Crippen MR) is 92.2 cm³/mol. The second kappa shape index (κ2) is 7.19. The highest BCUT2D eigenvalue weighted by atomic mass is 19.1. The van der Waals surface area contributed by atoms with Crippen LogP contribution < -0.4 is 9.72 Å². The molecule has 134 valence electrons. The Labute approximate surface area is 149 Å². The van der Waals surface area contributed by atoms with E-state index in [4.69, 9.17) is 4.74 Å². The van der Waals surface area contributed by atoms with Crippen LogP contribution in [0.5, 0.6) is 0 Å². The minimum atomic E-state index is -0.377. The number of ether oxygens (including phenoxy) is 1. The minimum absolute atomic E-state index is 0.258. The maximum Gasteiger partial charge on any atom is 0.351 e. The molecule has 0 saturated carbocycles. The Balaban J connectivity index is 1.68. The molecule has 0 spiro atoms. The van der Waals surface area contributed by atoms with Crippen molar-refractivity contribution in [3.05, 3.63) is 60.1 Å². The Morgan fingerprint density at radius 2 is 2.15 bits per heavy atom. The second-order valence-electron chi connectivity index (χ2n) is 6.08. The van der Waals surface area contributed by atoms with Crippen LogP contribution >= 0.6 is 0 Å². The van der Waals surface area contributed by atoms with Crippen molar-refractivity contribution < 1.29 is 18.3 Å². The summed E-state index contributed by atoms with van der Waals surface area (Å²) in [5.41, 5.74) is 1.04. The maximum atomic E-state index is 14.5. The number of aromatic amines is 1. The average Bonchev–Trinajstić information content (AvgIpc) is 3.03. The van der Waals surface area contributed by atoms with E-state index in [1.165, 1.54) is 6.07 Å². The predicted octanol–water partition coefficient (Wildman–Crippen LogP) is 1.37. The van der Waals surface area contributed by atoms with Gasteiger partial charge >= 0.3 is 11.7 Å². The Morgan fingerprint density at radius 1 is 1.31 bits per heavy atom. The number of rotatable bonds is 4. The quantitative estimate of drug-likeness (QED) is 0.693. The molecule has 8 heteroatoms. The number of aromatic nitrogens is 3. The van der Waals surface area contributed by atoms with Crippen LogP contribution in [0.4, 0.5) is 10.2 Å². The summed E-state index contributed by atoms with van der Waals surface area (Å²) in [6, 6.07) is 8.22. The molecule has 0 aromatic carbocycles. The first-order valence-corrected chi connectivity index (χ1v) is 8.45. The molecule has 0 radical (unpaired) electrons. The molecule has 1 fully saturated rings. The van der Waals surface area contributed by atoms with E-state index in [0.717, 1.165) is 13.1 Å². The Morgan fingerprint density at radius 3 is 2.92 bits per heavy atom. The van der Waals surface area contributed by atoms with Gasteiger partial charge in [0.15, 0.2) is 11.5 Å². The van der Waals surface area contributed by atoms with Crippen LogP contribution in [0.2, 0.25) is 0 Å². The van der Waals surface area contributed by atoms with E-state index >= 15 is 0 Å². The van der Waals surface area contributed by atoms with E-state index < -0.39 is 0 Å². The largest absolute Gasteiger partial charge is 0.379 e. The number of pyridine rings is 2. The zero-order valence-corrected chi connectivity index (χ0v) is 14.1. The van der Waals surface area contributed by atoms with Gasteiger partial charge in [-0.1, -0.05) is 6.07 Å². The summed E-state index contributed by atoms with van der Waals surface area (Å²) in [5, 5.41) is 2.73. The smallest absolute Gasteiger partial charge is 0.351 e. The van der Waals surface area contributed by atoms with Crippen molar-refractivity contribution in [3.63, 3.8) is 0 Å². The molecule has 0 unspecified atom stereocenters. The Hall–Kier alpha value is -2.84. The molecule has 4 heterocycles. The standard InChI is InChI=1S/C18H18FN5O2/c19-13-4-3-7-24-16(13)14(12-23-8-10-26-11-9-23)21-17(24)18(25)22-15-5-1-2-6-20-15/h1-7H,8-12H2,(H,20,22,25)/p+1. The van der Waals surface area contributed by atoms with E-state index in [9.17, 15) is 9.18 Å². The van der Waals surface area contributed by atoms with Gasteiger partial charge < -0.3 is 4.74 Å². The molecule has 2 N–H and O–H groups in total. The third kappa shape index (κ3) is 3.29. The van der Waals surface area contributed by atoms with Crippen molar-refractivity contribution in [1.82, 2.24) is 14.9 Å². The van der Waals surface area contributed by atoms with Crippen molar-refractivity contribution >= 4 is 17.2 Å². The van der Waals surface area contributed by atoms with Gasteiger partial charge in [-0.2, -0.15) is 4.40 Å². The lowest BCUT2D eigenvalue weighted by Gasteiger charge is -2.25. The fraction of sp³-hybridized carbons (Fsp3) is 0.278. The van der Waals surface area contributed by atoms with Crippen LogP contribution in [0.25, 0.3) is 5.52 Å². The zero-order chi connectivity index (χ0) is 17.9. The number of nitrogens with one attached hydrogen (secondary N) is 2. The highest BCUT2D eigenvalue weighted by Gasteiger charge is 2.28. The molecule has 1 saturated heterocycles. The molecule has 1 aliphatic heterocycles. The molecule has 3 aromatic rings. The average molecular weight is 356 g/mol. The van der Waals surface area contributed by atoms with Gasteiger partial charge in [-0.05, 0) is 24.3 Å². The molecule has 4 rings (SSSR count). The number of carbonyl (C=O) groups excluding carboxylic acids is 1. The van der Waals surface area contributed by atoms with Crippen molar-refractivity contribution in [2.75, 3.05) is 31.6 Å². The third-order valence-electron chi connectivity index (χ3n) is 4.35. The van der Waals surface area contributed by atoms with Crippen molar-refractivity contribution in [2.45, 2.75) is 6.54 Å². The van der Waals surface area contributed by atoms with Crippen molar-refractivity contribution in [3.8, 4) is 0 Å². The summed E-state index contributed by atoms with van der Waals surface area (Å²) in [6.45, 7) is 3.37. The lowest BCUT2D eigenvalue weighted by atomic mass is 10.3. The maximum absolute atomic E-state index is 14.5. The van der Waals surface area contributed by atoms with Crippen LogP contribution in [-0.2, 0) is 11.3 Å². The molecule has 0 bridgehead atoms. The lowest BCUT2D eigenvalue weighted by molar-refractivity contribution is -0.515. The van der Waals surface area contributed by atoms with Gasteiger partial charge in [-0.25, -0.2) is 14.4 Å². The lowest BCUT2D eigenvalue weighted by Crippen LogP contribution is -2.36. The van der Waals surface area contributed by atoms with Gasteiger partial charge in [0.05, 0.1) is 26.0 Å². The van der Waals surface area contributed by atoms with Gasteiger partial charge in [0.1, 0.15) is 5.82 Å². The molecule has 1 aliphatic rings. The van der Waals surface area contributed by atoms with Crippen LogP contribution in [0, 0.1) is 5.82 Å². The fourth-order valence-electron chi connectivity index (χ4n) is 3.10. The monoisotopic (exact) mass is 356 g/mol. The van der Waals surface area contributed by atoms with Crippen LogP contribution in [0.15, 0.2) is 42.7 Å². The number of H-pyrrole nitrogens is 1. The van der Waals surface area contributed by atoms with Crippen molar-refractivity contribution in [1.29, 1.82) is 0 Å². The number of halogens is 1. The van der Waals surface area contributed by atoms with E-state index in [1.807, 2.05) is 0 Å². The topological polar surface area (TPSA) is 74.3 Å². The number of carbonyl (C=O) groups is 1. The highest BCUT2D eigenvalue weighted by molar-refractivity contribution is 6.00. The SMILES string of the molecule is O=C(Nc1ccccn1)c1[nH]c(CN2CCOCC2)c2c(F)ccc[n+]12. The number of amides is 1. The summed E-state index contributed by atoms with van der Waals surface area (Å²) in [7, 11) is 0. The summed E-state index contributed by atoms with van der Waals surface area (Å²) in [4.78, 5) is 22.0. The van der Waals surface area contributed by atoms with Gasteiger partial charge in [0, 0.05) is 19.3 Å². The fourth-order valence-corrected chi connectivity index (χ4v) is 3.10. The zero-order valence-electron chi connectivity index (χ0n) is 14.1. The first-order chi connectivity index (χ1) is 12.7. The number of nitrogens with zero attached hydrogens (tertiary/aromatic N) is 3. The molecule has 7 nitrogen and oxygen atoms in total.